The summed E-state index contributed by atoms with van der Waals surface area (Å²) < 4.78 is 18.9. The molecule has 0 unspecified atom stereocenters. The second-order valence-electron chi connectivity index (χ2n) is 6.96. The van der Waals surface area contributed by atoms with Crippen molar-refractivity contribution in [3.63, 3.8) is 0 Å². The van der Waals surface area contributed by atoms with Gasteiger partial charge in [0.1, 0.15) is 17.5 Å². The van der Waals surface area contributed by atoms with Gasteiger partial charge < -0.3 is 10.1 Å². The molecule has 1 atom stereocenters. The van der Waals surface area contributed by atoms with Crippen LogP contribution in [0.15, 0.2) is 24.3 Å². The second kappa shape index (κ2) is 7.64. The molecule has 0 saturated carbocycles. The number of carbonyl (C=O) groups excluding carboxylic acids is 2. The molecule has 0 bridgehead atoms. The molecule has 1 aliphatic heterocycles. The third-order valence-electron chi connectivity index (χ3n) is 3.83. The monoisotopic (exact) mass is 336 g/mol. The highest BCUT2D eigenvalue weighted by Crippen LogP contribution is 2.21. The number of likely N-dealkylation sites (tertiary alicyclic amines) is 1. The zero-order valence-corrected chi connectivity index (χ0v) is 14.5. The molecule has 1 heterocycles. The Morgan fingerprint density at radius 2 is 2.04 bits per heavy atom. The molecule has 1 aromatic carbocycles. The highest BCUT2D eigenvalue weighted by molar-refractivity contribution is 5.86. The summed E-state index contributed by atoms with van der Waals surface area (Å²) >= 11 is 0. The van der Waals surface area contributed by atoms with E-state index in [2.05, 4.69) is 5.32 Å². The van der Waals surface area contributed by atoms with Gasteiger partial charge in [0.15, 0.2) is 0 Å². The van der Waals surface area contributed by atoms with Crippen molar-refractivity contribution in [2.24, 2.45) is 0 Å². The lowest BCUT2D eigenvalue weighted by atomic mass is 10.1. The van der Waals surface area contributed by atoms with Crippen molar-refractivity contribution < 1.29 is 18.7 Å². The van der Waals surface area contributed by atoms with Crippen LogP contribution in [0.2, 0.25) is 0 Å². The van der Waals surface area contributed by atoms with E-state index < -0.39 is 17.7 Å². The van der Waals surface area contributed by atoms with Crippen molar-refractivity contribution in [2.75, 3.05) is 13.1 Å². The van der Waals surface area contributed by atoms with Gasteiger partial charge in [-0.1, -0.05) is 18.2 Å². The lowest BCUT2D eigenvalue weighted by Gasteiger charge is -2.28. The number of benzene rings is 1. The minimum absolute atomic E-state index is 0.213. The Morgan fingerprint density at radius 3 is 2.71 bits per heavy atom. The predicted molar refractivity (Wildman–Crippen MR) is 89.1 cm³/mol. The minimum Gasteiger partial charge on any atom is -0.444 e. The van der Waals surface area contributed by atoms with Crippen LogP contribution in [-0.4, -0.2) is 41.6 Å². The maximum Gasteiger partial charge on any atom is 0.410 e. The van der Waals surface area contributed by atoms with E-state index in [1.165, 1.54) is 11.0 Å². The number of halogens is 1. The first-order valence-corrected chi connectivity index (χ1v) is 8.28. The van der Waals surface area contributed by atoms with E-state index in [0.717, 1.165) is 6.42 Å². The first-order chi connectivity index (χ1) is 11.3. The Bertz CT molecular complexity index is 598. The molecule has 0 aliphatic carbocycles. The van der Waals surface area contributed by atoms with Crippen LogP contribution in [0.1, 0.15) is 39.2 Å². The van der Waals surface area contributed by atoms with Crippen LogP contribution in [0, 0.1) is 5.82 Å². The lowest BCUT2D eigenvalue weighted by Crippen LogP contribution is -2.47. The van der Waals surface area contributed by atoms with Gasteiger partial charge in [-0.2, -0.15) is 0 Å². The van der Waals surface area contributed by atoms with Gasteiger partial charge in [-0.25, -0.2) is 9.18 Å². The van der Waals surface area contributed by atoms with Gasteiger partial charge in [-0.3, -0.25) is 9.69 Å². The van der Waals surface area contributed by atoms with Gasteiger partial charge in [0.25, 0.3) is 0 Å². The zero-order valence-electron chi connectivity index (χ0n) is 14.5. The van der Waals surface area contributed by atoms with Crippen LogP contribution in [0.3, 0.4) is 0 Å². The summed E-state index contributed by atoms with van der Waals surface area (Å²) in [6.45, 7) is 6.23. The van der Waals surface area contributed by atoms with E-state index in [1.807, 2.05) is 0 Å². The predicted octanol–water partition coefficient (Wildman–Crippen LogP) is 2.88. The molecule has 2 amide bonds. The standard InChI is InChI=1S/C18H25FN2O3/c1-18(2,3)24-17(23)21-12-6-9-15(21)16(22)20-11-10-13-7-4-5-8-14(13)19/h4-5,7-8,15H,6,9-12H2,1-3H3,(H,20,22)/t15-/m0/s1. The fraction of sp³-hybridized carbons (Fsp3) is 0.556. The number of ether oxygens (including phenoxy) is 1. The molecule has 24 heavy (non-hydrogen) atoms. The molecule has 5 nitrogen and oxygen atoms in total. The largest absolute Gasteiger partial charge is 0.444 e. The Kier molecular flexibility index (Phi) is 5.80. The van der Waals surface area contributed by atoms with E-state index in [1.54, 1.807) is 39.0 Å². The van der Waals surface area contributed by atoms with Gasteiger partial charge in [-0.05, 0) is 51.7 Å². The smallest absolute Gasteiger partial charge is 0.410 e. The quantitative estimate of drug-likeness (QED) is 0.920. The van der Waals surface area contributed by atoms with Gasteiger partial charge in [-0.15, -0.1) is 0 Å². The first kappa shape index (κ1) is 18.2. The van der Waals surface area contributed by atoms with Crippen LogP contribution in [0.25, 0.3) is 0 Å². The Labute approximate surface area is 142 Å². The Balaban J connectivity index is 1.87. The van der Waals surface area contributed by atoms with E-state index >= 15 is 0 Å². The average molecular weight is 336 g/mol. The third-order valence-corrected chi connectivity index (χ3v) is 3.83. The molecule has 0 radical (unpaired) electrons. The Morgan fingerprint density at radius 1 is 1.33 bits per heavy atom. The van der Waals surface area contributed by atoms with Crippen molar-refractivity contribution >= 4 is 12.0 Å². The SMILES string of the molecule is CC(C)(C)OC(=O)N1CCC[C@H]1C(=O)NCCc1ccccc1F. The van der Waals surface area contributed by atoms with E-state index in [-0.39, 0.29) is 11.7 Å². The number of rotatable bonds is 4. The number of hydrogen-bond donors (Lipinski definition) is 1. The maximum atomic E-state index is 13.6. The van der Waals surface area contributed by atoms with Crippen LogP contribution in [0.4, 0.5) is 9.18 Å². The highest BCUT2D eigenvalue weighted by Gasteiger charge is 2.36. The molecule has 0 aromatic heterocycles. The van der Waals surface area contributed by atoms with Crippen LogP contribution in [0.5, 0.6) is 0 Å². The second-order valence-corrected chi connectivity index (χ2v) is 6.96. The van der Waals surface area contributed by atoms with Crippen molar-refractivity contribution in [1.29, 1.82) is 0 Å². The van der Waals surface area contributed by atoms with E-state index in [0.29, 0.717) is 31.5 Å². The highest BCUT2D eigenvalue weighted by atomic mass is 19.1. The van der Waals surface area contributed by atoms with E-state index in [9.17, 15) is 14.0 Å². The number of hydrogen-bond acceptors (Lipinski definition) is 3. The minimum atomic E-state index is -0.592. The van der Waals surface area contributed by atoms with Gasteiger partial charge >= 0.3 is 6.09 Å². The van der Waals surface area contributed by atoms with Crippen LogP contribution >= 0.6 is 0 Å². The van der Waals surface area contributed by atoms with Crippen LogP contribution in [-0.2, 0) is 16.0 Å². The van der Waals surface area contributed by atoms with Crippen molar-refractivity contribution in [3.05, 3.63) is 35.6 Å². The van der Waals surface area contributed by atoms with Crippen molar-refractivity contribution in [2.45, 2.75) is 51.7 Å². The van der Waals surface area contributed by atoms with Gasteiger partial charge in [0.05, 0.1) is 0 Å². The number of amides is 2. The molecule has 6 heteroatoms. The number of carbonyl (C=O) groups is 2. The first-order valence-electron chi connectivity index (χ1n) is 8.28. The third kappa shape index (κ3) is 4.94. The molecule has 1 aliphatic rings. The molecule has 132 valence electrons. The summed E-state index contributed by atoms with van der Waals surface area (Å²) in [5.74, 6) is -0.488. The normalized spacial score (nSPS) is 17.7. The molecule has 1 aromatic rings. The molecule has 1 saturated heterocycles. The van der Waals surface area contributed by atoms with Gasteiger partial charge in [0.2, 0.25) is 5.91 Å². The average Bonchev–Trinajstić information content (AvgIpc) is 2.97. The summed E-state index contributed by atoms with van der Waals surface area (Å²) in [5.41, 5.74) is -0.0286. The fourth-order valence-electron chi connectivity index (χ4n) is 2.72. The molecular weight excluding hydrogens is 311 g/mol. The van der Waals surface area contributed by atoms with Crippen LogP contribution < -0.4 is 5.32 Å². The van der Waals surface area contributed by atoms with Crippen molar-refractivity contribution in [1.82, 2.24) is 10.2 Å². The van der Waals surface area contributed by atoms with Crippen molar-refractivity contribution in [3.8, 4) is 0 Å². The fourth-order valence-corrected chi connectivity index (χ4v) is 2.72. The number of nitrogens with one attached hydrogen (secondary N) is 1. The summed E-state index contributed by atoms with van der Waals surface area (Å²) in [6, 6.07) is 5.99. The van der Waals surface area contributed by atoms with E-state index in [4.69, 9.17) is 4.74 Å². The van der Waals surface area contributed by atoms with Gasteiger partial charge in [0, 0.05) is 13.1 Å². The Hall–Kier alpha value is -2.11. The summed E-state index contributed by atoms with van der Waals surface area (Å²) in [4.78, 5) is 26.0. The molecule has 2 rings (SSSR count). The molecule has 0 spiro atoms. The summed E-state index contributed by atoms with van der Waals surface area (Å²) in [7, 11) is 0. The number of nitrogens with zero attached hydrogens (tertiary/aromatic N) is 1. The maximum absolute atomic E-state index is 13.6. The molecular formula is C18H25FN2O3. The topological polar surface area (TPSA) is 58.6 Å². The molecule has 1 N–H and O–H groups in total. The summed E-state index contributed by atoms with van der Waals surface area (Å²) in [6.07, 6.45) is 1.33. The zero-order chi connectivity index (χ0) is 17.7. The lowest BCUT2D eigenvalue weighted by molar-refractivity contribution is -0.125. The summed E-state index contributed by atoms with van der Waals surface area (Å²) in [5, 5.41) is 2.79. The molecule has 1 fully saturated rings.